The maximum absolute atomic E-state index is 11.5. The molecule has 0 unspecified atom stereocenters. The molecule has 15 heavy (non-hydrogen) atoms. The second-order valence-electron chi connectivity index (χ2n) is 3.71. The Balaban J connectivity index is 2.40. The first-order chi connectivity index (χ1) is 7.16. The molecule has 5 nitrogen and oxygen atoms in total. The molecule has 1 N–H and O–H groups in total. The summed E-state index contributed by atoms with van der Waals surface area (Å²) in [6.45, 7) is -0.355. The second kappa shape index (κ2) is 3.84. The second-order valence-corrected chi connectivity index (χ2v) is 3.71. The van der Waals surface area contributed by atoms with E-state index in [-0.39, 0.29) is 12.1 Å². The van der Waals surface area contributed by atoms with Crippen LogP contribution < -0.4 is 5.56 Å². The molecule has 0 bridgehead atoms. The van der Waals surface area contributed by atoms with Gasteiger partial charge in [-0.3, -0.25) is 9.59 Å². The molecule has 2 rings (SSSR count). The Morgan fingerprint density at radius 2 is 2.20 bits per heavy atom. The Bertz CT molecular complexity index is 450. The number of hydrogen-bond acceptors (Lipinski definition) is 3. The van der Waals surface area contributed by atoms with Gasteiger partial charge in [-0.25, -0.2) is 4.68 Å². The Hall–Kier alpha value is -1.65. The third-order valence-corrected chi connectivity index (χ3v) is 2.56. The van der Waals surface area contributed by atoms with Crippen LogP contribution in [0.1, 0.15) is 24.1 Å². The fourth-order valence-electron chi connectivity index (χ4n) is 1.84. The molecular weight excluding hydrogens is 196 g/mol. The van der Waals surface area contributed by atoms with Gasteiger partial charge < -0.3 is 5.11 Å². The minimum atomic E-state index is -1.04. The van der Waals surface area contributed by atoms with E-state index in [9.17, 15) is 9.59 Å². The van der Waals surface area contributed by atoms with Crippen LogP contribution in [0.25, 0.3) is 0 Å². The quantitative estimate of drug-likeness (QED) is 0.753. The fraction of sp³-hybridized carbons (Fsp3) is 0.500. The van der Waals surface area contributed by atoms with Crippen LogP contribution in [0.5, 0.6) is 0 Å². The summed E-state index contributed by atoms with van der Waals surface area (Å²) in [6, 6.07) is 1.52. The molecule has 1 aliphatic rings. The van der Waals surface area contributed by atoms with Crippen molar-refractivity contribution >= 4 is 5.97 Å². The largest absolute Gasteiger partial charge is 0.480 e. The summed E-state index contributed by atoms with van der Waals surface area (Å²) in [4.78, 5) is 22.0. The molecule has 1 aliphatic carbocycles. The normalized spacial score (nSPS) is 14.7. The van der Waals surface area contributed by atoms with Crippen LogP contribution in [0, 0.1) is 0 Å². The van der Waals surface area contributed by atoms with E-state index in [0.29, 0.717) is 0 Å². The first-order valence-corrected chi connectivity index (χ1v) is 4.98. The van der Waals surface area contributed by atoms with E-state index in [1.54, 1.807) is 0 Å². The standard InChI is InChI=1S/C10H12N2O3/c13-9-5-7-3-1-2-4-8(7)11-12(9)6-10(14)15/h5H,1-4,6H2,(H,14,15). The van der Waals surface area contributed by atoms with Crippen molar-refractivity contribution < 1.29 is 9.90 Å². The van der Waals surface area contributed by atoms with Gasteiger partial charge in [-0.2, -0.15) is 5.10 Å². The van der Waals surface area contributed by atoms with Gasteiger partial charge in [0, 0.05) is 6.07 Å². The van der Waals surface area contributed by atoms with Crippen molar-refractivity contribution in [1.82, 2.24) is 9.78 Å². The molecule has 0 amide bonds. The number of aliphatic carboxylic acids is 1. The molecule has 1 heterocycles. The van der Waals surface area contributed by atoms with E-state index in [2.05, 4.69) is 5.10 Å². The van der Waals surface area contributed by atoms with Gasteiger partial charge in [0.25, 0.3) is 5.56 Å². The summed E-state index contributed by atoms with van der Waals surface area (Å²) in [5.41, 5.74) is 1.54. The molecule has 1 aromatic heterocycles. The van der Waals surface area contributed by atoms with E-state index >= 15 is 0 Å². The molecule has 0 saturated heterocycles. The highest BCUT2D eigenvalue weighted by Gasteiger charge is 2.13. The number of carboxylic acid groups (broad SMARTS) is 1. The van der Waals surface area contributed by atoms with Crippen LogP contribution in [0.4, 0.5) is 0 Å². The predicted octanol–water partition coefficient (Wildman–Crippen LogP) is 0.207. The van der Waals surface area contributed by atoms with Gasteiger partial charge in [-0.05, 0) is 31.2 Å². The smallest absolute Gasteiger partial charge is 0.325 e. The van der Waals surface area contributed by atoms with Gasteiger partial charge in [0.05, 0.1) is 5.69 Å². The number of carbonyl (C=O) groups is 1. The van der Waals surface area contributed by atoms with Gasteiger partial charge in [-0.15, -0.1) is 0 Å². The average Bonchev–Trinajstić information content (AvgIpc) is 2.18. The number of rotatable bonds is 2. The zero-order valence-corrected chi connectivity index (χ0v) is 8.27. The number of nitrogens with zero attached hydrogens (tertiary/aromatic N) is 2. The molecule has 80 valence electrons. The lowest BCUT2D eigenvalue weighted by Crippen LogP contribution is -2.29. The van der Waals surface area contributed by atoms with E-state index in [1.165, 1.54) is 6.07 Å². The van der Waals surface area contributed by atoms with Crippen molar-refractivity contribution in [2.24, 2.45) is 0 Å². The van der Waals surface area contributed by atoms with E-state index in [1.807, 2.05) is 0 Å². The Morgan fingerprint density at radius 1 is 1.47 bits per heavy atom. The molecule has 0 atom stereocenters. The maximum atomic E-state index is 11.5. The van der Waals surface area contributed by atoms with Crippen LogP contribution in [-0.2, 0) is 24.2 Å². The molecule has 0 aromatic carbocycles. The van der Waals surface area contributed by atoms with E-state index in [0.717, 1.165) is 41.6 Å². The van der Waals surface area contributed by atoms with Crippen LogP contribution >= 0.6 is 0 Å². The van der Waals surface area contributed by atoms with Gasteiger partial charge in [-0.1, -0.05) is 0 Å². The third-order valence-electron chi connectivity index (χ3n) is 2.56. The zero-order chi connectivity index (χ0) is 10.8. The maximum Gasteiger partial charge on any atom is 0.325 e. The molecule has 0 saturated carbocycles. The number of hydrogen-bond donors (Lipinski definition) is 1. The Morgan fingerprint density at radius 3 is 2.93 bits per heavy atom. The van der Waals surface area contributed by atoms with Crippen molar-refractivity contribution in [1.29, 1.82) is 0 Å². The monoisotopic (exact) mass is 208 g/mol. The lowest BCUT2D eigenvalue weighted by molar-refractivity contribution is -0.138. The predicted molar refractivity (Wildman–Crippen MR) is 52.8 cm³/mol. The topological polar surface area (TPSA) is 72.2 Å². The highest BCUT2D eigenvalue weighted by molar-refractivity contribution is 5.66. The Labute approximate surface area is 86.4 Å². The molecule has 1 aromatic rings. The van der Waals surface area contributed by atoms with Gasteiger partial charge in [0.2, 0.25) is 0 Å². The summed E-state index contributed by atoms with van der Waals surface area (Å²) in [7, 11) is 0. The molecule has 0 spiro atoms. The van der Waals surface area contributed by atoms with Gasteiger partial charge in [0.15, 0.2) is 0 Å². The van der Waals surface area contributed by atoms with Gasteiger partial charge in [0.1, 0.15) is 6.54 Å². The van der Waals surface area contributed by atoms with Gasteiger partial charge >= 0.3 is 5.97 Å². The van der Waals surface area contributed by atoms with Crippen molar-refractivity contribution in [3.05, 3.63) is 27.7 Å². The molecule has 0 aliphatic heterocycles. The highest BCUT2D eigenvalue weighted by atomic mass is 16.4. The summed E-state index contributed by atoms with van der Waals surface area (Å²) >= 11 is 0. The highest BCUT2D eigenvalue weighted by Crippen LogP contribution is 2.16. The van der Waals surface area contributed by atoms with Crippen LogP contribution in [0.3, 0.4) is 0 Å². The number of fused-ring (bicyclic) bond motifs is 1. The number of carboxylic acids is 1. The lowest BCUT2D eigenvalue weighted by atomic mass is 9.97. The lowest BCUT2D eigenvalue weighted by Gasteiger charge is -2.14. The number of aromatic nitrogens is 2. The van der Waals surface area contributed by atoms with Crippen LogP contribution in [0.15, 0.2) is 10.9 Å². The molecule has 5 heteroatoms. The van der Waals surface area contributed by atoms with Crippen LogP contribution in [-0.4, -0.2) is 20.9 Å². The first-order valence-electron chi connectivity index (χ1n) is 4.98. The molecule has 0 fully saturated rings. The summed E-state index contributed by atoms with van der Waals surface area (Å²) in [6.07, 6.45) is 3.86. The first kappa shape index (κ1) is 9.89. The summed E-state index contributed by atoms with van der Waals surface area (Å²) in [5.74, 6) is -1.04. The molecular formula is C10H12N2O3. The minimum absolute atomic E-state index is 0.321. The summed E-state index contributed by atoms with van der Waals surface area (Å²) < 4.78 is 1.02. The number of aryl methyl sites for hydroxylation is 2. The Kier molecular flexibility index (Phi) is 2.53. The summed E-state index contributed by atoms with van der Waals surface area (Å²) in [5, 5.41) is 12.7. The third kappa shape index (κ3) is 2.06. The average molecular weight is 208 g/mol. The van der Waals surface area contributed by atoms with Crippen molar-refractivity contribution in [2.45, 2.75) is 32.2 Å². The molecule has 0 radical (unpaired) electrons. The van der Waals surface area contributed by atoms with Crippen molar-refractivity contribution in [2.75, 3.05) is 0 Å². The SMILES string of the molecule is O=C(O)Cn1nc2c(cc1=O)CCCC2. The van der Waals surface area contributed by atoms with E-state index in [4.69, 9.17) is 5.11 Å². The van der Waals surface area contributed by atoms with E-state index < -0.39 is 5.97 Å². The minimum Gasteiger partial charge on any atom is -0.480 e. The fourth-order valence-corrected chi connectivity index (χ4v) is 1.84. The van der Waals surface area contributed by atoms with Crippen molar-refractivity contribution in [3.63, 3.8) is 0 Å². The zero-order valence-electron chi connectivity index (χ0n) is 8.27. The van der Waals surface area contributed by atoms with Crippen molar-refractivity contribution in [3.8, 4) is 0 Å². The van der Waals surface area contributed by atoms with Crippen LogP contribution in [0.2, 0.25) is 0 Å².